The number of methoxy groups -OCH3 is 1. The third kappa shape index (κ3) is 1.93. The molecule has 0 N–H and O–H groups in total. The van der Waals surface area contributed by atoms with Crippen LogP contribution in [-0.4, -0.2) is 13.1 Å². The molecule has 0 fully saturated rings. The minimum atomic E-state index is -0.185. The van der Waals surface area contributed by atoms with Crippen molar-refractivity contribution in [3.63, 3.8) is 0 Å². The lowest BCUT2D eigenvalue weighted by molar-refractivity contribution is -0.142. The first-order valence-corrected chi connectivity index (χ1v) is 6.47. The van der Waals surface area contributed by atoms with Gasteiger partial charge in [-0.3, -0.25) is 4.79 Å². The maximum absolute atomic E-state index is 12.0. The van der Waals surface area contributed by atoms with E-state index in [0.29, 0.717) is 0 Å². The van der Waals surface area contributed by atoms with Crippen LogP contribution in [0.4, 0.5) is 0 Å². The molecule has 0 spiro atoms. The standard InChI is InChI=1S/C17H16O2/c1-11-7-8-14-13-6-4-3-5-12(13)10-16(15(14)9-11)17(18)19-2/h3-9,16H,10H2,1-2H3. The number of carbonyl (C=O) groups excluding carboxylic acids is 1. The van der Waals surface area contributed by atoms with Gasteiger partial charge < -0.3 is 4.74 Å². The number of ether oxygens (including phenoxy) is 1. The summed E-state index contributed by atoms with van der Waals surface area (Å²) in [5.41, 5.74) is 5.87. The normalized spacial score (nSPS) is 16.4. The van der Waals surface area contributed by atoms with Crippen LogP contribution in [0.1, 0.15) is 22.6 Å². The first-order chi connectivity index (χ1) is 9.20. The van der Waals surface area contributed by atoms with Crippen LogP contribution >= 0.6 is 0 Å². The Morgan fingerprint density at radius 2 is 1.95 bits per heavy atom. The predicted molar refractivity (Wildman–Crippen MR) is 75.1 cm³/mol. The van der Waals surface area contributed by atoms with Crippen LogP contribution in [0.2, 0.25) is 0 Å². The molecule has 2 aromatic rings. The van der Waals surface area contributed by atoms with Gasteiger partial charge in [0.15, 0.2) is 0 Å². The number of carbonyl (C=O) groups is 1. The van der Waals surface area contributed by atoms with Gasteiger partial charge >= 0.3 is 5.97 Å². The van der Waals surface area contributed by atoms with Crippen molar-refractivity contribution in [3.8, 4) is 11.1 Å². The lowest BCUT2D eigenvalue weighted by Gasteiger charge is -2.26. The van der Waals surface area contributed by atoms with Gasteiger partial charge in [0, 0.05) is 0 Å². The van der Waals surface area contributed by atoms with Crippen molar-refractivity contribution < 1.29 is 9.53 Å². The number of aryl methyl sites for hydroxylation is 1. The van der Waals surface area contributed by atoms with E-state index >= 15 is 0 Å². The zero-order valence-electron chi connectivity index (χ0n) is 11.1. The Bertz CT molecular complexity index is 643. The van der Waals surface area contributed by atoms with E-state index in [1.165, 1.54) is 23.8 Å². The van der Waals surface area contributed by atoms with Crippen LogP contribution in [0.5, 0.6) is 0 Å². The van der Waals surface area contributed by atoms with Crippen molar-refractivity contribution in [2.24, 2.45) is 0 Å². The Balaban J connectivity index is 2.22. The average molecular weight is 252 g/mol. The number of benzene rings is 2. The monoisotopic (exact) mass is 252 g/mol. The number of hydrogen-bond donors (Lipinski definition) is 0. The average Bonchev–Trinajstić information content (AvgIpc) is 2.45. The predicted octanol–water partition coefficient (Wildman–Crippen LogP) is 3.47. The first kappa shape index (κ1) is 12.0. The summed E-state index contributed by atoms with van der Waals surface area (Å²) in [6.07, 6.45) is 0.722. The van der Waals surface area contributed by atoms with E-state index in [1.54, 1.807) is 0 Å². The van der Waals surface area contributed by atoms with Crippen molar-refractivity contribution in [2.45, 2.75) is 19.3 Å². The van der Waals surface area contributed by atoms with Crippen molar-refractivity contribution in [1.82, 2.24) is 0 Å². The number of rotatable bonds is 1. The van der Waals surface area contributed by atoms with E-state index in [-0.39, 0.29) is 11.9 Å². The molecule has 2 nitrogen and oxygen atoms in total. The molecule has 0 aliphatic heterocycles. The molecule has 1 aliphatic rings. The Labute approximate surface area is 113 Å². The quantitative estimate of drug-likeness (QED) is 0.726. The molecule has 0 bridgehead atoms. The lowest BCUT2D eigenvalue weighted by Crippen LogP contribution is -2.21. The summed E-state index contributed by atoms with van der Waals surface area (Å²) >= 11 is 0. The summed E-state index contributed by atoms with van der Waals surface area (Å²) in [4.78, 5) is 12.0. The molecule has 2 aromatic carbocycles. The van der Waals surface area contributed by atoms with Crippen LogP contribution < -0.4 is 0 Å². The molecule has 2 heteroatoms. The highest BCUT2D eigenvalue weighted by Crippen LogP contribution is 2.40. The summed E-state index contributed by atoms with van der Waals surface area (Å²) in [6.45, 7) is 2.05. The van der Waals surface area contributed by atoms with Crippen molar-refractivity contribution >= 4 is 5.97 Å². The Hall–Kier alpha value is -2.09. The Morgan fingerprint density at radius 1 is 1.16 bits per heavy atom. The molecule has 0 saturated heterocycles. The Kier molecular flexibility index (Phi) is 2.86. The summed E-state index contributed by atoms with van der Waals surface area (Å²) in [5.74, 6) is -0.337. The van der Waals surface area contributed by atoms with Gasteiger partial charge in [0.1, 0.15) is 0 Å². The van der Waals surface area contributed by atoms with Crippen LogP contribution in [-0.2, 0) is 16.0 Å². The van der Waals surface area contributed by atoms with E-state index < -0.39 is 0 Å². The second kappa shape index (κ2) is 4.54. The molecule has 19 heavy (non-hydrogen) atoms. The van der Waals surface area contributed by atoms with Gasteiger partial charge in [0.25, 0.3) is 0 Å². The molecule has 96 valence electrons. The van der Waals surface area contributed by atoms with Gasteiger partial charge in [-0.15, -0.1) is 0 Å². The molecule has 0 saturated carbocycles. The summed E-state index contributed by atoms with van der Waals surface area (Å²) in [7, 11) is 1.46. The van der Waals surface area contributed by atoms with Gasteiger partial charge in [-0.2, -0.15) is 0 Å². The maximum atomic E-state index is 12.0. The highest BCUT2D eigenvalue weighted by atomic mass is 16.5. The van der Waals surface area contributed by atoms with Crippen LogP contribution in [0.25, 0.3) is 11.1 Å². The topological polar surface area (TPSA) is 26.3 Å². The third-order valence-electron chi connectivity index (χ3n) is 3.80. The van der Waals surface area contributed by atoms with Crippen molar-refractivity contribution in [3.05, 3.63) is 59.2 Å². The third-order valence-corrected chi connectivity index (χ3v) is 3.80. The van der Waals surface area contributed by atoms with Crippen LogP contribution in [0.15, 0.2) is 42.5 Å². The maximum Gasteiger partial charge on any atom is 0.313 e. The molecule has 3 rings (SSSR count). The molecular weight excluding hydrogens is 236 g/mol. The summed E-state index contributed by atoms with van der Waals surface area (Å²) < 4.78 is 4.96. The number of esters is 1. The molecule has 0 heterocycles. The smallest absolute Gasteiger partial charge is 0.313 e. The highest BCUT2D eigenvalue weighted by molar-refractivity contribution is 5.86. The van der Waals surface area contributed by atoms with Crippen molar-refractivity contribution in [2.75, 3.05) is 7.11 Å². The summed E-state index contributed by atoms with van der Waals surface area (Å²) in [6, 6.07) is 14.6. The van der Waals surface area contributed by atoms with E-state index in [9.17, 15) is 4.79 Å². The van der Waals surface area contributed by atoms with Crippen molar-refractivity contribution in [1.29, 1.82) is 0 Å². The van der Waals surface area contributed by atoms with Gasteiger partial charge in [-0.25, -0.2) is 0 Å². The zero-order chi connectivity index (χ0) is 13.4. The largest absolute Gasteiger partial charge is 0.469 e. The number of fused-ring (bicyclic) bond motifs is 3. The van der Waals surface area contributed by atoms with Gasteiger partial charge in [-0.05, 0) is 35.6 Å². The SMILES string of the molecule is COC(=O)C1Cc2ccccc2-c2ccc(C)cc21. The van der Waals surface area contributed by atoms with E-state index in [2.05, 4.69) is 37.3 Å². The second-order valence-electron chi connectivity index (χ2n) is 5.03. The minimum Gasteiger partial charge on any atom is -0.469 e. The molecule has 1 aliphatic carbocycles. The fourth-order valence-corrected chi connectivity index (χ4v) is 2.86. The van der Waals surface area contributed by atoms with E-state index in [0.717, 1.165) is 17.5 Å². The van der Waals surface area contributed by atoms with Gasteiger partial charge in [0.05, 0.1) is 13.0 Å². The Morgan fingerprint density at radius 3 is 2.74 bits per heavy atom. The molecular formula is C17H16O2. The van der Waals surface area contributed by atoms with E-state index in [1.807, 2.05) is 12.1 Å². The molecule has 1 atom stereocenters. The number of hydrogen-bond acceptors (Lipinski definition) is 2. The zero-order valence-corrected chi connectivity index (χ0v) is 11.1. The first-order valence-electron chi connectivity index (χ1n) is 6.47. The fraction of sp³-hybridized carbons (Fsp3) is 0.235. The van der Waals surface area contributed by atoms with E-state index in [4.69, 9.17) is 4.74 Å². The van der Waals surface area contributed by atoms with Gasteiger partial charge in [0.2, 0.25) is 0 Å². The fourth-order valence-electron chi connectivity index (χ4n) is 2.86. The second-order valence-corrected chi connectivity index (χ2v) is 5.03. The van der Waals surface area contributed by atoms with Crippen LogP contribution in [0, 0.1) is 6.92 Å². The van der Waals surface area contributed by atoms with Gasteiger partial charge in [-0.1, -0.05) is 48.0 Å². The highest BCUT2D eigenvalue weighted by Gasteiger charge is 2.30. The summed E-state index contributed by atoms with van der Waals surface area (Å²) in [5, 5.41) is 0. The molecule has 1 unspecified atom stereocenters. The van der Waals surface area contributed by atoms with Crippen LogP contribution in [0.3, 0.4) is 0 Å². The molecule has 0 amide bonds. The molecule has 0 aromatic heterocycles. The lowest BCUT2D eigenvalue weighted by atomic mass is 9.78. The minimum absolute atomic E-state index is 0.152. The molecule has 0 radical (unpaired) electrons.